The van der Waals surface area contributed by atoms with E-state index in [1.807, 2.05) is 0 Å². The molecule has 3 nitrogen and oxygen atoms in total. The third-order valence-electron chi connectivity index (χ3n) is 3.97. The summed E-state index contributed by atoms with van der Waals surface area (Å²) >= 11 is 0. The summed E-state index contributed by atoms with van der Waals surface area (Å²) in [7, 11) is 0. The van der Waals surface area contributed by atoms with Gasteiger partial charge < -0.3 is 10.6 Å². The molecule has 90 valence electrons. The summed E-state index contributed by atoms with van der Waals surface area (Å²) in [6.07, 6.45) is 9.39. The lowest BCUT2D eigenvalue weighted by Gasteiger charge is -2.36. The van der Waals surface area contributed by atoms with Gasteiger partial charge in [0.05, 0.1) is 5.41 Å². The lowest BCUT2D eigenvalue weighted by Crippen LogP contribution is -2.52. The number of amides is 1. The van der Waals surface area contributed by atoms with Crippen molar-refractivity contribution in [1.82, 2.24) is 10.6 Å². The van der Waals surface area contributed by atoms with Crippen LogP contribution in [0.25, 0.3) is 0 Å². The van der Waals surface area contributed by atoms with E-state index in [-0.39, 0.29) is 11.3 Å². The molecule has 0 aromatic rings. The van der Waals surface area contributed by atoms with Crippen LogP contribution in [0.1, 0.15) is 39.0 Å². The highest BCUT2D eigenvalue weighted by Gasteiger charge is 2.38. The van der Waals surface area contributed by atoms with E-state index < -0.39 is 0 Å². The first-order valence-electron chi connectivity index (χ1n) is 6.43. The van der Waals surface area contributed by atoms with Gasteiger partial charge >= 0.3 is 0 Å². The van der Waals surface area contributed by atoms with Crippen LogP contribution in [0.2, 0.25) is 0 Å². The van der Waals surface area contributed by atoms with Crippen molar-refractivity contribution in [3.63, 3.8) is 0 Å². The van der Waals surface area contributed by atoms with Gasteiger partial charge in [-0.1, -0.05) is 19.1 Å². The highest BCUT2D eigenvalue weighted by molar-refractivity contribution is 5.83. The molecule has 1 aliphatic heterocycles. The maximum Gasteiger partial charge on any atom is 0.227 e. The van der Waals surface area contributed by atoms with Gasteiger partial charge in [0.1, 0.15) is 0 Å². The molecule has 0 radical (unpaired) electrons. The van der Waals surface area contributed by atoms with Gasteiger partial charge in [-0.2, -0.15) is 0 Å². The van der Waals surface area contributed by atoms with Gasteiger partial charge in [0.25, 0.3) is 0 Å². The van der Waals surface area contributed by atoms with Gasteiger partial charge in [0.2, 0.25) is 5.91 Å². The average Bonchev–Trinajstić information content (AvgIpc) is 2.82. The summed E-state index contributed by atoms with van der Waals surface area (Å²) in [5, 5.41) is 6.55. The second-order valence-electron chi connectivity index (χ2n) is 5.03. The smallest absolute Gasteiger partial charge is 0.227 e. The highest BCUT2D eigenvalue weighted by atomic mass is 16.2. The van der Waals surface area contributed by atoms with Crippen molar-refractivity contribution < 1.29 is 4.79 Å². The molecule has 0 spiro atoms. The summed E-state index contributed by atoms with van der Waals surface area (Å²) in [6, 6.07) is 0.345. The van der Waals surface area contributed by atoms with Crippen molar-refractivity contribution in [3.8, 4) is 0 Å². The zero-order valence-corrected chi connectivity index (χ0v) is 10.1. The molecule has 1 unspecified atom stereocenters. The van der Waals surface area contributed by atoms with Crippen molar-refractivity contribution in [3.05, 3.63) is 12.2 Å². The van der Waals surface area contributed by atoms with Crippen LogP contribution in [0.5, 0.6) is 0 Å². The van der Waals surface area contributed by atoms with E-state index in [4.69, 9.17) is 0 Å². The Hall–Kier alpha value is -0.830. The van der Waals surface area contributed by atoms with E-state index in [2.05, 4.69) is 29.7 Å². The first-order valence-corrected chi connectivity index (χ1v) is 6.43. The Labute approximate surface area is 97.7 Å². The molecule has 0 bridgehead atoms. The van der Waals surface area contributed by atoms with Crippen molar-refractivity contribution in [2.24, 2.45) is 5.41 Å². The highest BCUT2D eigenvalue weighted by Crippen LogP contribution is 2.30. The lowest BCUT2D eigenvalue weighted by molar-refractivity contribution is -0.133. The van der Waals surface area contributed by atoms with Crippen LogP contribution in [-0.2, 0) is 4.79 Å². The van der Waals surface area contributed by atoms with Crippen molar-refractivity contribution in [2.45, 2.75) is 45.1 Å². The number of rotatable bonds is 3. The van der Waals surface area contributed by atoms with Gasteiger partial charge in [0.15, 0.2) is 0 Å². The monoisotopic (exact) mass is 222 g/mol. The van der Waals surface area contributed by atoms with Crippen LogP contribution < -0.4 is 10.6 Å². The summed E-state index contributed by atoms with van der Waals surface area (Å²) in [5.74, 6) is 0.260. The quantitative estimate of drug-likeness (QED) is 0.712. The number of hydrogen-bond donors (Lipinski definition) is 2. The molecule has 1 saturated heterocycles. The minimum Gasteiger partial charge on any atom is -0.352 e. The van der Waals surface area contributed by atoms with E-state index in [1.165, 1.54) is 0 Å². The van der Waals surface area contributed by atoms with Gasteiger partial charge in [-0.3, -0.25) is 4.79 Å². The molecule has 3 heteroatoms. The standard InChI is InChI=1S/C13H22N2O/c1-2-13(8-5-9-14-10-13)12(16)15-11-6-3-4-7-11/h3-4,11,14H,2,5-10H2,1H3,(H,15,16). The second kappa shape index (κ2) is 5.00. The molecule has 1 atom stereocenters. The zero-order chi connectivity index (χ0) is 11.4. The molecular formula is C13H22N2O. The molecule has 0 aromatic carbocycles. The fraction of sp³-hybridized carbons (Fsp3) is 0.769. The van der Waals surface area contributed by atoms with Crippen molar-refractivity contribution >= 4 is 5.91 Å². The fourth-order valence-corrected chi connectivity index (χ4v) is 2.70. The Balaban J connectivity index is 1.94. The first-order chi connectivity index (χ1) is 7.77. The van der Waals surface area contributed by atoms with Gasteiger partial charge in [0, 0.05) is 12.6 Å². The maximum absolute atomic E-state index is 12.3. The molecule has 1 aliphatic carbocycles. The summed E-state index contributed by atoms with van der Waals surface area (Å²) in [4.78, 5) is 12.3. The zero-order valence-electron chi connectivity index (χ0n) is 10.1. The maximum atomic E-state index is 12.3. The second-order valence-corrected chi connectivity index (χ2v) is 5.03. The molecule has 0 aromatic heterocycles. The Bertz CT molecular complexity index is 272. The molecule has 0 saturated carbocycles. The predicted molar refractivity (Wildman–Crippen MR) is 65.1 cm³/mol. The minimum absolute atomic E-state index is 0.152. The van der Waals surface area contributed by atoms with Crippen LogP contribution in [0.4, 0.5) is 0 Å². The van der Waals surface area contributed by atoms with Crippen molar-refractivity contribution in [2.75, 3.05) is 13.1 Å². The SMILES string of the molecule is CCC1(C(=O)NC2CC=CC2)CCCNC1. The van der Waals surface area contributed by atoms with Crippen LogP contribution in [-0.4, -0.2) is 25.0 Å². The largest absolute Gasteiger partial charge is 0.352 e. The normalized spacial score (nSPS) is 30.6. The number of piperidine rings is 1. The van der Waals surface area contributed by atoms with Crippen LogP contribution >= 0.6 is 0 Å². The molecule has 16 heavy (non-hydrogen) atoms. The average molecular weight is 222 g/mol. The Morgan fingerprint density at radius 2 is 2.25 bits per heavy atom. The Morgan fingerprint density at radius 1 is 1.50 bits per heavy atom. The van der Waals surface area contributed by atoms with Crippen molar-refractivity contribution in [1.29, 1.82) is 0 Å². The van der Waals surface area contributed by atoms with E-state index in [0.717, 1.165) is 45.2 Å². The Kier molecular flexibility index (Phi) is 3.64. The predicted octanol–water partition coefficient (Wildman–Crippen LogP) is 1.60. The summed E-state index contributed by atoms with van der Waals surface area (Å²) < 4.78 is 0. The molecule has 1 amide bonds. The van der Waals surface area contributed by atoms with Crippen LogP contribution in [0.15, 0.2) is 12.2 Å². The van der Waals surface area contributed by atoms with E-state index >= 15 is 0 Å². The third kappa shape index (κ3) is 2.29. The fourth-order valence-electron chi connectivity index (χ4n) is 2.70. The molecule has 2 aliphatic rings. The molecule has 2 N–H and O–H groups in total. The van der Waals surface area contributed by atoms with Gasteiger partial charge in [-0.05, 0) is 38.6 Å². The number of carbonyl (C=O) groups is 1. The van der Waals surface area contributed by atoms with Gasteiger partial charge in [-0.15, -0.1) is 0 Å². The first kappa shape index (κ1) is 11.6. The number of nitrogens with one attached hydrogen (secondary N) is 2. The summed E-state index contributed by atoms with van der Waals surface area (Å²) in [5.41, 5.74) is -0.152. The number of hydrogen-bond acceptors (Lipinski definition) is 2. The molecule has 1 fully saturated rings. The van der Waals surface area contributed by atoms with Crippen LogP contribution in [0.3, 0.4) is 0 Å². The van der Waals surface area contributed by atoms with E-state index in [1.54, 1.807) is 0 Å². The van der Waals surface area contributed by atoms with Gasteiger partial charge in [-0.25, -0.2) is 0 Å². The van der Waals surface area contributed by atoms with E-state index in [9.17, 15) is 4.79 Å². The third-order valence-corrected chi connectivity index (χ3v) is 3.97. The lowest BCUT2D eigenvalue weighted by atomic mass is 9.77. The topological polar surface area (TPSA) is 41.1 Å². The molecular weight excluding hydrogens is 200 g/mol. The molecule has 2 rings (SSSR count). The number of carbonyl (C=O) groups excluding carboxylic acids is 1. The minimum atomic E-state index is -0.152. The van der Waals surface area contributed by atoms with Crippen LogP contribution in [0, 0.1) is 5.41 Å². The van der Waals surface area contributed by atoms with E-state index in [0.29, 0.717) is 6.04 Å². The Morgan fingerprint density at radius 3 is 2.81 bits per heavy atom. The summed E-state index contributed by atoms with van der Waals surface area (Å²) in [6.45, 7) is 4.02. The molecule has 1 heterocycles.